The number of benzene rings is 1. The summed E-state index contributed by atoms with van der Waals surface area (Å²) in [5.41, 5.74) is 2.59. The zero-order valence-electron chi connectivity index (χ0n) is 18.4. The lowest BCUT2D eigenvalue weighted by molar-refractivity contribution is -0.132. The fourth-order valence-electron chi connectivity index (χ4n) is 4.40. The van der Waals surface area contributed by atoms with Crippen molar-refractivity contribution in [1.82, 2.24) is 10.2 Å². The highest BCUT2D eigenvalue weighted by molar-refractivity contribution is 8.00. The van der Waals surface area contributed by atoms with Crippen molar-refractivity contribution in [3.63, 3.8) is 0 Å². The summed E-state index contributed by atoms with van der Waals surface area (Å²) in [6.45, 7) is 6.78. The van der Waals surface area contributed by atoms with Gasteiger partial charge in [0.15, 0.2) is 0 Å². The molecule has 1 aromatic rings. The number of amides is 2. The molecule has 0 radical (unpaired) electrons. The van der Waals surface area contributed by atoms with Gasteiger partial charge in [-0.3, -0.25) is 9.59 Å². The minimum Gasteiger partial charge on any atom is -0.378 e. The first kappa shape index (κ1) is 23.1. The summed E-state index contributed by atoms with van der Waals surface area (Å²) in [5, 5.41) is 3.18. The molecular weight excluding hydrogens is 396 g/mol. The first-order valence-electron chi connectivity index (χ1n) is 11.4. The quantitative estimate of drug-likeness (QED) is 0.671. The van der Waals surface area contributed by atoms with Gasteiger partial charge in [0.1, 0.15) is 0 Å². The number of nitrogens with zero attached hydrogens (tertiary/aromatic N) is 1. The van der Waals surface area contributed by atoms with E-state index < -0.39 is 0 Å². The maximum Gasteiger partial charge on any atom is 0.232 e. The van der Waals surface area contributed by atoms with Gasteiger partial charge in [-0.2, -0.15) is 0 Å². The van der Waals surface area contributed by atoms with Crippen LogP contribution in [-0.4, -0.2) is 54.5 Å². The molecule has 5 nitrogen and oxygen atoms in total. The lowest BCUT2D eigenvalue weighted by atomic mass is 9.83. The van der Waals surface area contributed by atoms with Crippen molar-refractivity contribution in [1.29, 1.82) is 0 Å². The standard InChI is InChI=1S/C24H36N2O3S/c1-18(2)24(21-10-8-20(9-11-21)19-6-4-3-5-7-19)25-22(27)16-30-17-23(28)26-12-14-29-15-13-26/h8-11,18-19,24H,3-7,12-17H2,1-2H3,(H,25,27). The number of hydrogen-bond acceptors (Lipinski definition) is 4. The Kier molecular flexibility index (Phi) is 9.06. The molecule has 1 heterocycles. The Morgan fingerprint density at radius 1 is 1.07 bits per heavy atom. The molecule has 30 heavy (non-hydrogen) atoms. The number of rotatable bonds is 8. The Balaban J connectivity index is 1.48. The number of morpholine rings is 1. The maximum absolute atomic E-state index is 12.5. The molecule has 2 amide bonds. The van der Waals surface area contributed by atoms with E-state index in [-0.39, 0.29) is 17.9 Å². The Morgan fingerprint density at radius 3 is 2.37 bits per heavy atom. The monoisotopic (exact) mass is 432 g/mol. The van der Waals surface area contributed by atoms with Crippen molar-refractivity contribution in [3.05, 3.63) is 35.4 Å². The number of carbonyl (C=O) groups excluding carboxylic acids is 2. The minimum atomic E-state index is -0.00941. The SMILES string of the molecule is CC(C)C(NC(=O)CSCC(=O)N1CCOCC1)c1ccc(C2CCCCC2)cc1. The molecule has 1 unspecified atom stereocenters. The van der Waals surface area contributed by atoms with E-state index in [2.05, 4.69) is 43.4 Å². The molecule has 1 aliphatic carbocycles. The van der Waals surface area contributed by atoms with Gasteiger partial charge in [0.25, 0.3) is 0 Å². The summed E-state index contributed by atoms with van der Waals surface area (Å²) in [6.07, 6.45) is 6.63. The van der Waals surface area contributed by atoms with E-state index in [0.717, 1.165) is 5.56 Å². The van der Waals surface area contributed by atoms with E-state index in [1.54, 1.807) is 0 Å². The van der Waals surface area contributed by atoms with E-state index in [0.29, 0.717) is 49.6 Å². The second-order valence-electron chi connectivity index (χ2n) is 8.78. The first-order valence-corrected chi connectivity index (χ1v) is 12.5. The van der Waals surface area contributed by atoms with Gasteiger partial charge >= 0.3 is 0 Å². The topological polar surface area (TPSA) is 58.6 Å². The first-order chi connectivity index (χ1) is 14.5. The molecule has 0 bridgehead atoms. The van der Waals surface area contributed by atoms with E-state index in [9.17, 15) is 9.59 Å². The number of nitrogens with one attached hydrogen (secondary N) is 1. The van der Waals surface area contributed by atoms with Crippen molar-refractivity contribution in [2.45, 2.75) is 57.9 Å². The van der Waals surface area contributed by atoms with Crippen molar-refractivity contribution in [3.8, 4) is 0 Å². The van der Waals surface area contributed by atoms with Crippen LogP contribution in [0.2, 0.25) is 0 Å². The molecule has 0 spiro atoms. The van der Waals surface area contributed by atoms with Crippen molar-refractivity contribution >= 4 is 23.6 Å². The molecule has 6 heteroatoms. The number of hydrogen-bond donors (Lipinski definition) is 1. The van der Waals surface area contributed by atoms with Crippen LogP contribution >= 0.6 is 11.8 Å². The van der Waals surface area contributed by atoms with E-state index >= 15 is 0 Å². The zero-order chi connectivity index (χ0) is 21.3. The molecule has 0 aromatic heterocycles. The third kappa shape index (κ3) is 6.74. The average molecular weight is 433 g/mol. The Morgan fingerprint density at radius 2 is 1.73 bits per heavy atom. The molecule has 1 aromatic carbocycles. The third-order valence-electron chi connectivity index (χ3n) is 6.18. The van der Waals surface area contributed by atoms with Crippen LogP contribution in [0.5, 0.6) is 0 Å². The molecule has 1 saturated carbocycles. The highest BCUT2D eigenvalue weighted by Crippen LogP contribution is 2.33. The molecule has 1 saturated heterocycles. The van der Waals surface area contributed by atoms with Gasteiger partial charge in [-0.15, -0.1) is 11.8 Å². The lowest BCUT2D eigenvalue weighted by Crippen LogP contribution is -2.41. The summed E-state index contributed by atoms with van der Waals surface area (Å²) >= 11 is 1.39. The fraction of sp³-hybridized carbons (Fsp3) is 0.667. The van der Waals surface area contributed by atoms with Gasteiger partial charge in [-0.05, 0) is 35.8 Å². The third-order valence-corrected chi connectivity index (χ3v) is 7.10. The van der Waals surface area contributed by atoms with Crippen LogP contribution in [0.25, 0.3) is 0 Å². The summed E-state index contributed by atoms with van der Waals surface area (Å²) in [5.74, 6) is 1.73. The normalized spacial score (nSPS) is 19.0. The highest BCUT2D eigenvalue weighted by Gasteiger charge is 2.21. The summed E-state index contributed by atoms with van der Waals surface area (Å²) in [7, 11) is 0. The summed E-state index contributed by atoms with van der Waals surface area (Å²) < 4.78 is 5.28. The van der Waals surface area contributed by atoms with Crippen LogP contribution in [0.4, 0.5) is 0 Å². The molecule has 166 valence electrons. The van der Waals surface area contributed by atoms with E-state index in [4.69, 9.17) is 4.74 Å². The van der Waals surface area contributed by atoms with Crippen LogP contribution in [0.15, 0.2) is 24.3 Å². The molecule has 2 fully saturated rings. The molecule has 1 N–H and O–H groups in total. The summed E-state index contributed by atoms with van der Waals surface area (Å²) in [6, 6.07) is 8.87. The van der Waals surface area contributed by atoms with Crippen LogP contribution in [0.1, 0.15) is 69.0 Å². The van der Waals surface area contributed by atoms with Crippen LogP contribution in [0, 0.1) is 5.92 Å². The largest absolute Gasteiger partial charge is 0.378 e. The maximum atomic E-state index is 12.5. The molecule has 1 aliphatic heterocycles. The van der Waals surface area contributed by atoms with Gasteiger partial charge in [-0.25, -0.2) is 0 Å². The minimum absolute atomic E-state index is 0.00606. The fourth-order valence-corrected chi connectivity index (χ4v) is 5.12. The number of ether oxygens (including phenoxy) is 1. The second kappa shape index (κ2) is 11.8. The number of thioether (sulfide) groups is 1. The van der Waals surface area contributed by atoms with Gasteiger partial charge in [-0.1, -0.05) is 57.4 Å². The molecular formula is C24H36N2O3S. The van der Waals surface area contributed by atoms with Crippen molar-refractivity contribution < 1.29 is 14.3 Å². The van der Waals surface area contributed by atoms with Crippen LogP contribution in [-0.2, 0) is 14.3 Å². The molecule has 1 atom stereocenters. The Labute approximate surface area is 185 Å². The van der Waals surface area contributed by atoms with Crippen molar-refractivity contribution in [2.24, 2.45) is 5.92 Å². The highest BCUT2D eigenvalue weighted by atomic mass is 32.2. The van der Waals surface area contributed by atoms with Gasteiger partial charge in [0.2, 0.25) is 11.8 Å². The smallest absolute Gasteiger partial charge is 0.232 e. The van der Waals surface area contributed by atoms with Crippen LogP contribution < -0.4 is 5.32 Å². The lowest BCUT2D eigenvalue weighted by Gasteiger charge is -2.27. The van der Waals surface area contributed by atoms with Crippen LogP contribution in [0.3, 0.4) is 0 Å². The van der Waals surface area contributed by atoms with Gasteiger partial charge in [0.05, 0.1) is 30.8 Å². The van der Waals surface area contributed by atoms with E-state index in [1.165, 1.54) is 49.4 Å². The Bertz CT molecular complexity index is 680. The van der Waals surface area contributed by atoms with Crippen molar-refractivity contribution in [2.75, 3.05) is 37.8 Å². The molecule has 2 aliphatic rings. The second-order valence-corrected chi connectivity index (χ2v) is 9.76. The molecule has 3 rings (SSSR count). The van der Waals surface area contributed by atoms with E-state index in [1.807, 2.05) is 4.90 Å². The van der Waals surface area contributed by atoms with Gasteiger partial charge < -0.3 is 15.0 Å². The average Bonchev–Trinajstić information content (AvgIpc) is 2.78. The summed E-state index contributed by atoms with van der Waals surface area (Å²) in [4.78, 5) is 26.6. The number of carbonyl (C=O) groups is 2. The predicted molar refractivity (Wildman–Crippen MR) is 123 cm³/mol. The zero-order valence-corrected chi connectivity index (χ0v) is 19.2. The van der Waals surface area contributed by atoms with Gasteiger partial charge in [0, 0.05) is 13.1 Å². The predicted octanol–water partition coefficient (Wildman–Crippen LogP) is 4.14. The Hall–Kier alpha value is -1.53.